The van der Waals surface area contributed by atoms with Crippen LogP contribution in [0.25, 0.3) is 95.7 Å². The number of aromatic nitrogens is 5. The molecule has 0 saturated carbocycles. The second-order valence-electron chi connectivity index (χ2n) is 16.6. The summed E-state index contributed by atoms with van der Waals surface area (Å²) < 4.78 is 2.23. The van der Waals surface area contributed by atoms with Crippen LogP contribution >= 0.6 is 0 Å². The molecule has 0 bridgehead atoms. The molecule has 13 rings (SSSR count). The third-order valence-corrected chi connectivity index (χ3v) is 13.1. The first-order valence-corrected chi connectivity index (χ1v) is 21.7. The molecule has 0 saturated heterocycles. The minimum Gasteiger partial charge on any atom is -0.299 e. The van der Waals surface area contributed by atoms with E-state index in [1.165, 1.54) is 44.5 Å². The van der Waals surface area contributed by atoms with Crippen LogP contribution in [-0.4, -0.2) is 24.3 Å². The molecule has 0 atom stereocenters. The fourth-order valence-corrected chi connectivity index (χ4v) is 10.3. The molecule has 0 N–H and O–H groups in total. The van der Waals surface area contributed by atoms with E-state index in [1.807, 2.05) is 60.7 Å². The Balaban J connectivity index is 0.938. The predicted octanol–water partition coefficient (Wildman–Crippen LogP) is 13.9. The number of hydrogen-bond acceptors (Lipinski definition) is 4. The Hall–Kier alpha value is -8.54. The third kappa shape index (κ3) is 5.44. The number of rotatable bonds is 6. The van der Waals surface area contributed by atoms with E-state index in [2.05, 4.69) is 168 Å². The van der Waals surface area contributed by atoms with Crippen molar-refractivity contribution in [1.29, 1.82) is 0 Å². The zero-order valence-corrected chi connectivity index (χ0v) is 34.6. The van der Waals surface area contributed by atoms with E-state index in [1.54, 1.807) is 0 Å². The van der Waals surface area contributed by atoms with E-state index >= 15 is 0 Å². The summed E-state index contributed by atoms with van der Waals surface area (Å²) in [6.07, 6.45) is 2.13. The first-order valence-electron chi connectivity index (χ1n) is 21.7. The van der Waals surface area contributed by atoms with Crippen LogP contribution in [0.2, 0.25) is 0 Å². The Morgan fingerprint density at radius 3 is 1.36 bits per heavy atom. The van der Waals surface area contributed by atoms with Crippen LogP contribution in [-0.2, 0) is 5.41 Å². The lowest BCUT2D eigenvalue weighted by Gasteiger charge is -2.30. The van der Waals surface area contributed by atoms with E-state index in [9.17, 15) is 0 Å². The van der Waals surface area contributed by atoms with Gasteiger partial charge in [-0.15, -0.1) is 0 Å². The molecule has 2 aliphatic carbocycles. The molecule has 298 valence electrons. The minimum absolute atomic E-state index is 0.393. The topological polar surface area (TPSA) is 56.0 Å². The summed E-state index contributed by atoms with van der Waals surface area (Å²) in [6, 6.07) is 77.7. The standard InChI is InChI=1S/C59H37N5/c1-3-17-38(18-4-1)56-61-57(39-19-5-2-6-20-39)63-58(62-56)44-24-16-22-41(36-44)40-21-15-23-42(35-40)54-55(64-34-14-13-31-53(64)60-54)43-32-33-52-48(37-43)47-27-9-12-30-51(47)59(52)49-28-10-7-25-45(49)46-26-8-11-29-50(46)59/h1-37H. The van der Waals surface area contributed by atoms with E-state index in [-0.39, 0.29) is 0 Å². The van der Waals surface area contributed by atoms with E-state index in [0.717, 1.165) is 56.0 Å². The van der Waals surface area contributed by atoms with Crippen LogP contribution < -0.4 is 0 Å². The van der Waals surface area contributed by atoms with Gasteiger partial charge in [0.1, 0.15) is 5.65 Å². The maximum atomic E-state index is 5.34. The number of benzene rings is 8. The minimum atomic E-state index is -0.393. The van der Waals surface area contributed by atoms with Crippen LogP contribution in [0, 0.1) is 0 Å². The van der Waals surface area contributed by atoms with Gasteiger partial charge in [-0.3, -0.25) is 4.40 Å². The van der Waals surface area contributed by atoms with Gasteiger partial charge in [-0.2, -0.15) is 0 Å². The van der Waals surface area contributed by atoms with Gasteiger partial charge in [0, 0.05) is 34.0 Å². The van der Waals surface area contributed by atoms with Gasteiger partial charge in [-0.05, 0) is 86.0 Å². The van der Waals surface area contributed by atoms with Crippen LogP contribution in [0.4, 0.5) is 0 Å². The average molecular weight is 816 g/mol. The summed E-state index contributed by atoms with van der Waals surface area (Å²) in [5.41, 5.74) is 20.1. The summed E-state index contributed by atoms with van der Waals surface area (Å²) in [4.78, 5) is 20.3. The van der Waals surface area contributed by atoms with Crippen LogP contribution in [0.5, 0.6) is 0 Å². The highest BCUT2D eigenvalue weighted by Crippen LogP contribution is 2.63. The highest BCUT2D eigenvalue weighted by atomic mass is 15.0. The Bertz CT molecular complexity index is 3520. The molecular weight excluding hydrogens is 779 g/mol. The van der Waals surface area contributed by atoms with Gasteiger partial charge in [0.2, 0.25) is 0 Å². The maximum absolute atomic E-state index is 5.34. The third-order valence-electron chi connectivity index (χ3n) is 13.1. The molecule has 5 nitrogen and oxygen atoms in total. The van der Waals surface area contributed by atoms with Crippen LogP contribution in [0.1, 0.15) is 22.3 Å². The molecule has 8 aromatic carbocycles. The molecule has 0 aliphatic heterocycles. The summed E-state index contributed by atoms with van der Waals surface area (Å²) in [7, 11) is 0. The lowest BCUT2D eigenvalue weighted by atomic mass is 9.70. The molecule has 0 fully saturated rings. The number of pyridine rings is 1. The average Bonchev–Trinajstić information content (AvgIpc) is 4.01. The highest BCUT2D eigenvalue weighted by molar-refractivity contribution is 5.97. The van der Waals surface area contributed by atoms with Gasteiger partial charge in [0.05, 0.1) is 16.8 Å². The van der Waals surface area contributed by atoms with Gasteiger partial charge in [0.25, 0.3) is 0 Å². The van der Waals surface area contributed by atoms with Gasteiger partial charge in [-0.1, -0.05) is 188 Å². The summed E-state index contributed by atoms with van der Waals surface area (Å²) >= 11 is 0. The summed E-state index contributed by atoms with van der Waals surface area (Å²) in [5, 5.41) is 0. The predicted molar refractivity (Wildman–Crippen MR) is 257 cm³/mol. The fourth-order valence-electron chi connectivity index (χ4n) is 10.3. The van der Waals surface area contributed by atoms with Crippen molar-refractivity contribution in [2.45, 2.75) is 5.41 Å². The molecule has 2 aliphatic rings. The second kappa shape index (κ2) is 14.3. The molecule has 11 aromatic rings. The van der Waals surface area contributed by atoms with Crippen molar-refractivity contribution in [2.75, 3.05) is 0 Å². The molecule has 0 unspecified atom stereocenters. The zero-order valence-electron chi connectivity index (χ0n) is 34.6. The normalized spacial score (nSPS) is 12.8. The van der Waals surface area contributed by atoms with Crippen molar-refractivity contribution in [3.8, 4) is 90.1 Å². The van der Waals surface area contributed by atoms with Crippen LogP contribution in [0.15, 0.2) is 225 Å². The Labute approximate surface area is 370 Å². The molecule has 3 aromatic heterocycles. The summed E-state index contributed by atoms with van der Waals surface area (Å²) in [6.45, 7) is 0. The van der Waals surface area contributed by atoms with Gasteiger partial charge >= 0.3 is 0 Å². The zero-order chi connectivity index (χ0) is 42.2. The second-order valence-corrected chi connectivity index (χ2v) is 16.6. The Morgan fingerprint density at radius 2 is 0.750 bits per heavy atom. The number of nitrogens with zero attached hydrogens (tertiary/aromatic N) is 5. The van der Waals surface area contributed by atoms with Crippen molar-refractivity contribution < 1.29 is 0 Å². The van der Waals surface area contributed by atoms with Crippen molar-refractivity contribution in [3.05, 3.63) is 247 Å². The molecule has 1 spiro atoms. The van der Waals surface area contributed by atoms with Gasteiger partial charge in [0.15, 0.2) is 17.5 Å². The molecule has 5 heteroatoms. The summed E-state index contributed by atoms with van der Waals surface area (Å²) in [5.74, 6) is 1.90. The maximum Gasteiger partial charge on any atom is 0.164 e. The highest BCUT2D eigenvalue weighted by Gasteiger charge is 2.51. The quantitative estimate of drug-likeness (QED) is 0.168. The molecule has 0 radical (unpaired) electrons. The molecule has 3 heterocycles. The largest absolute Gasteiger partial charge is 0.299 e. The van der Waals surface area contributed by atoms with Crippen molar-refractivity contribution in [1.82, 2.24) is 24.3 Å². The van der Waals surface area contributed by atoms with E-state index in [0.29, 0.717) is 17.5 Å². The fraction of sp³-hybridized carbons (Fsp3) is 0.0169. The first kappa shape index (κ1) is 36.1. The number of imidazole rings is 1. The van der Waals surface area contributed by atoms with Crippen molar-refractivity contribution in [2.24, 2.45) is 0 Å². The number of fused-ring (bicyclic) bond motifs is 11. The monoisotopic (exact) mass is 815 g/mol. The van der Waals surface area contributed by atoms with Crippen molar-refractivity contribution in [3.63, 3.8) is 0 Å². The van der Waals surface area contributed by atoms with Crippen molar-refractivity contribution >= 4 is 5.65 Å². The molecule has 64 heavy (non-hydrogen) atoms. The Kier molecular flexibility index (Phi) is 8.06. The van der Waals surface area contributed by atoms with Gasteiger partial charge in [-0.25, -0.2) is 19.9 Å². The van der Waals surface area contributed by atoms with Gasteiger partial charge < -0.3 is 0 Å². The molecular formula is C59H37N5. The lowest BCUT2D eigenvalue weighted by molar-refractivity contribution is 0.794. The van der Waals surface area contributed by atoms with Crippen LogP contribution in [0.3, 0.4) is 0 Å². The lowest BCUT2D eigenvalue weighted by Crippen LogP contribution is -2.25. The number of hydrogen-bond donors (Lipinski definition) is 0. The first-order chi connectivity index (χ1) is 31.7. The molecule has 0 amide bonds. The smallest absolute Gasteiger partial charge is 0.164 e. The Morgan fingerprint density at radius 1 is 0.297 bits per heavy atom. The van der Waals surface area contributed by atoms with E-state index in [4.69, 9.17) is 19.9 Å². The SMILES string of the molecule is c1ccc(-c2nc(-c3ccccc3)nc(-c3cccc(-c4cccc(-c5nc6ccccn6c5-c5ccc6c(c5)-c5ccccc5C65c6ccccc6-c6ccccc65)c4)c3)n2)cc1. The van der Waals surface area contributed by atoms with E-state index < -0.39 is 5.41 Å².